The zero-order chi connectivity index (χ0) is 13.2. The maximum absolute atomic E-state index is 13.2. The molecule has 0 amide bonds. The Labute approximate surface area is 111 Å². The van der Waals surface area contributed by atoms with Crippen molar-refractivity contribution in [3.63, 3.8) is 0 Å². The number of fused-ring (bicyclic) bond motifs is 1. The van der Waals surface area contributed by atoms with Gasteiger partial charge in [-0.15, -0.1) is 0 Å². The number of aryl methyl sites for hydroxylation is 1. The summed E-state index contributed by atoms with van der Waals surface area (Å²) >= 11 is 0. The highest BCUT2D eigenvalue weighted by molar-refractivity contribution is 5.83. The van der Waals surface area contributed by atoms with Crippen molar-refractivity contribution in [2.75, 3.05) is 5.32 Å². The second-order valence-corrected chi connectivity index (χ2v) is 4.68. The molecule has 0 radical (unpaired) electrons. The van der Waals surface area contributed by atoms with Gasteiger partial charge in [0.25, 0.3) is 0 Å². The Bertz CT molecular complexity index is 716. The topological polar surface area (TPSA) is 27.8 Å². The molecule has 1 heterocycles. The lowest BCUT2D eigenvalue weighted by molar-refractivity contribution is 0.618. The Morgan fingerprint density at radius 3 is 2.84 bits per heavy atom. The summed E-state index contributed by atoms with van der Waals surface area (Å²) in [4.78, 5) is 3.24. The van der Waals surface area contributed by atoms with Gasteiger partial charge in [0.1, 0.15) is 5.82 Å². The van der Waals surface area contributed by atoms with Gasteiger partial charge in [0.15, 0.2) is 0 Å². The third-order valence-corrected chi connectivity index (χ3v) is 3.32. The van der Waals surface area contributed by atoms with E-state index in [-0.39, 0.29) is 5.82 Å². The van der Waals surface area contributed by atoms with Crippen LogP contribution in [0.2, 0.25) is 0 Å². The number of hydrogen-bond donors (Lipinski definition) is 2. The molecule has 0 aliphatic heterocycles. The van der Waals surface area contributed by atoms with E-state index in [1.165, 1.54) is 17.0 Å². The van der Waals surface area contributed by atoms with E-state index in [1.807, 2.05) is 24.4 Å². The average Bonchev–Trinajstić information content (AvgIpc) is 2.83. The van der Waals surface area contributed by atoms with E-state index in [2.05, 4.69) is 22.4 Å². The van der Waals surface area contributed by atoms with Crippen LogP contribution in [0.1, 0.15) is 11.1 Å². The third kappa shape index (κ3) is 2.32. The van der Waals surface area contributed by atoms with Crippen LogP contribution in [0.5, 0.6) is 0 Å². The van der Waals surface area contributed by atoms with Gasteiger partial charge in [-0.1, -0.05) is 18.2 Å². The van der Waals surface area contributed by atoms with E-state index in [0.29, 0.717) is 5.56 Å². The Hall–Kier alpha value is -2.29. The summed E-state index contributed by atoms with van der Waals surface area (Å²) in [6.07, 6.45) is 2.01. The molecule has 0 fully saturated rings. The number of H-pyrrole nitrogens is 1. The molecule has 0 unspecified atom stereocenters. The first kappa shape index (κ1) is 11.8. The van der Waals surface area contributed by atoms with Gasteiger partial charge in [0, 0.05) is 29.3 Å². The standard InChI is InChI=1S/C16H15FN2/c1-11-8-13(6-7-15(11)17)18-9-12-10-19-16-5-3-2-4-14(12)16/h2-8,10,18-19H,9H2,1H3. The Kier molecular flexibility index (Phi) is 2.95. The smallest absolute Gasteiger partial charge is 0.126 e. The molecule has 0 atom stereocenters. The van der Waals surface area contributed by atoms with E-state index >= 15 is 0 Å². The number of aromatic nitrogens is 1. The quantitative estimate of drug-likeness (QED) is 0.719. The third-order valence-electron chi connectivity index (χ3n) is 3.32. The number of para-hydroxylation sites is 1. The number of halogens is 1. The fourth-order valence-corrected chi connectivity index (χ4v) is 2.23. The lowest BCUT2D eigenvalue weighted by Crippen LogP contribution is -1.99. The molecule has 0 aliphatic rings. The molecular formula is C16H15FN2. The molecule has 0 saturated heterocycles. The number of benzene rings is 2. The van der Waals surface area contributed by atoms with Gasteiger partial charge < -0.3 is 10.3 Å². The van der Waals surface area contributed by atoms with Gasteiger partial charge in [-0.2, -0.15) is 0 Å². The lowest BCUT2D eigenvalue weighted by Gasteiger charge is -2.07. The summed E-state index contributed by atoms with van der Waals surface area (Å²) in [5, 5.41) is 4.54. The van der Waals surface area contributed by atoms with Crippen LogP contribution >= 0.6 is 0 Å². The summed E-state index contributed by atoms with van der Waals surface area (Å²) in [7, 11) is 0. The highest BCUT2D eigenvalue weighted by atomic mass is 19.1. The SMILES string of the molecule is Cc1cc(NCc2c[nH]c3ccccc23)ccc1F. The predicted octanol–water partition coefficient (Wildman–Crippen LogP) is 4.23. The van der Waals surface area contributed by atoms with Gasteiger partial charge in [-0.25, -0.2) is 4.39 Å². The number of aromatic amines is 1. The minimum Gasteiger partial charge on any atom is -0.381 e. The van der Waals surface area contributed by atoms with Gasteiger partial charge >= 0.3 is 0 Å². The summed E-state index contributed by atoms with van der Waals surface area (Å²) in [5.74, 6) is -0.169. The predicted molar refractivity (Wildman–Crippen MR) is 76.8 cm³/mol. The van der Waals surface area contributed by atoms with Crippen LogP contribution in [0.3, 0.4) is 0 Å². The Morgan fingerprint density at radius 2 is 2.00 bits per heavy atom. The average molecular weight is 254 g/mol. The van der Waals surface area contributed by atoms with E-state index in [0.717, 1.165) is 17.7 Å². The molecule has 2 nitrogen and oxygen atoms in total. The van der Waals surface area contributed by atoms with E-state index in [4.69, 9.17) is 0 Å². The molecule has 96 valence electrons. The van der Waals surface area contributed by atoms with Crippen LogP contribution in [-0.2, 0) is 6.54 Å². The fraction of sp³-hybridized carbons (Fsp3) is 0.125. The van der Waals surface area contributed by atoms with Crippen LogP contribution in [0, 0.1) is 12.7 Å². The molecule has 2 aromatic carbocycles. The molecule has 0 bridgehead atoms. The van der Waals surface area contributed by atoms with Crippen molar-refractivity contribution in [3.8, 4) is 0 Å². The molecule has 0 spiro atoms. The normalized spacial score (nSPS) is 10.8. The second-order valence-electron chi connectivity index (χ2n) is 4.68. The van der Waals surface area contributed by atoms with Crippen molar-refractivity contribution < 1.29 is 4.39 Å². The van der Waals surface area contributed by atoms with Crippen LogP contribution in [0.4, 0.5) is 10.1 Å². The van der Waals surface area contributed by atoms with Gasteiger partial charge in [-0.05, 0) is 42.3 Å². The van der Waals surface area contributed by atoms with E-state index in [9.17, 15) is 4.39 Å². The molecule has 3 rings (SSSR count). The highest BCUT2D eigenvalue weighted by Gasteiger charge is 2.03. The molecule has 1 aromatic heterocycles. The van der Waals surface area contributed by atoms with Gasteiger partial charge in [0.2, 0.25) is 0 Å². The van der Waals surface area contributed by atoms with E-state index in [1.54, 1.807) is 13.0 Å². The summed E-state index contributed by atoms with van der Waals surface area (Å²) in [6, 6.07) is 13.3. The van der Waals surface area contributed by atoms with Crippen molar-refractivity contribution in [2.24, 2.45) is 0 Å². The van der Waals surface area contributed by atoms with Gasteiger partial charge in [0.05, 0.1) is 0 Å². The number of nitrogens with one attached hydrogen (secondary N) is 2. The van der Waals surface area contributed by atoms with Crippen molar-refractivity contribution in [1.82, 2.24) is 4.98 Å². The molecule has 3 aromatic rings. The minimum absolute atomic E-state index is 0.169. The first-order valence-electron chi connectivity index (χ1n) is 6.29. The minimum atomic E-state index is -0.169. The first-order valence-corrected chi connectivity index (χ1v) is 6.29. The number of anilines is 1. The number of rotatable bonds is 3. The monoisotopic (exact) mass is 254 g/mol. The van der Waals surface area contributed by atoms with Crippen LogP contribution in [0.15, 0.2) is 48.7 Å². The van der Waals surface area contributed by atoms with Crippen molar-refractivity contribution in [1.29, 1.82) is 0 Å². The molecule has 3 heteroatoms. The van der Waals surface area contributed by atoms with Crippen molar-refractivity contribution in [3.05, 3.63) is 65.6 Å². The van der Waals surface area contributed by atoms with E-state index < -0.39 is 0 Å². The Balaban J connectivity index is 1.80. The fourth-order valence-electron chi connectivity index (χ4n) is 2.23. The molecule has 2 N–H and O–H groups in total. The Morgan fingerprint density at radius 1 is 1.16 bits per heavy atom. The zero-order valence-corrected chi connectivity index (χ0v) is 10.7. The molecule has 19 heavy (non-hydrogen) atoms. The van der Waals surface area contributed by atoms with Gasteiger partial charge in [-0.3, -0.25) is 0 Å². The first-order chi connectivity index (χ1) is 9.24. The summed E-state index contributed by atoms with van der Waals surface area (Å²) < 4.78 is 13.2. The maximum atomic E-state index is 13.2. The van der Waals surface area contributed by atoms with Crippen molar-refractivity contribution in [2.45, 2.75) is 13.5 Å². The highest BCUT2D eigenvalue weighted by Crippen LogP contribution is 2.20. The largest absolute Gasteiger partial charge is 0.381 e. The number of hydrogen-bond acceptors (Lipinski definition) is 1. The van der Waals surface area contributed by atoms with Crippen molar-refractivity contribution >= 4 is 16.6 Å². The molecule has 0 saturated carbocycles. The molecular weight excluding hydrogens is 239 g/mol. The summed E-state index contributed by atoms with van der Waals surface area (Å²) in [6.45, 7) is 2.49. The molecule has 0 aliphatic carbocycles. The maximum Gasteiger partial charge on any atom is 0.126 e. The zero-order valence-electron chi connectivity index (χ0n) is 10.7. The summed E-state index contributed by atoms with van der Waals surface area (Å²) in [5.41, 5.74) is 3.93. The van der Waals surface area contributed by atoms with Crippen LogP contribution < -0.4 is 5.32 Å². The van der Waals surface area contributed by atoms with Crippen LogP contribution in [-0.4, -0.2) is 4.98 Å². The van der Waals surface area contributed by atoms with Crippen LogP contribution in [0.25, 0.3) is 10.9 Å². The lowest BCUT2D eigenvalue weighted by atomic mass is 10.1. The second kappa shape index (κ2) is 4.76.